The van der Waals surface area contributed by atoms with Crippen molar-refractivity contribution in [2.24, 2.45) is 11.7 Å². The molecule has 0 spiro atoms. The normalized spacial score (nSPS) is 31.4. The predicted octanol–water partition coefficient (Wildman–Crippen LogP) is -0.329. The zero-order valence-electron chi connectivity index (χ0n) is 10.7. The van der Waals surface area contributed by atoms with Crippen LogP contribution in [-0.4, -0.2) is 51.6 Å². The monoisotopic (exact) mass is 277 g/mol. The van der Waals surface area contributed by atoms with Crippen LogP contribution in [0.1, 0.15) is 25.7 Å². The molecule has 0 aromatic rings. The molecule has 0 aromatic heterocycles. The fourth-order valence-corrected chi connectivity index (χ4v) is 3.88. The van der Waals surface area contributed by atoms with Crippen LogP contribution in [0.2, 0.25) is 0 Å². The zero-order valence-corrected chi connectivity index (χ0v) is 11.5. The number of rotatable bonds is 4. The molecule has 0 radical (unpaired) electrons. The fourth-order valence-electron chi connectivity index (χ4n) is 2.62. The second-order valence-electron chi connectivity index (χ2n) is 5.16. The second-order valence-corrected chi connectivity index (χ2v) is 6.91. The Morgan fingerprint density at radius 3 is 2.67 bits per heavy atom. The summed E-state index contributed by atoms with van der Waals surface area (Å²) in [4.78, 5) is 0. The minimum absolute atomic E-state index is 0.233. The molecular weight excluding hydrogens is 254 g/mol. The van der Waals surface area contributed by atoms with Crippen LogP contribution in [-0.2, 0) is 14.9 Å². The first-order chi connectivity index (χ1) is 8.58. The van der Waals surface area contributed by atoms with Crippen LogP contribution in [0, 0.1) is 5.92 Å². The number of ether oxygens (including phenoxy) is 1. The molecule has 106 valence electrons. The SMILES string of the molecule is NC1CCCC(CNS(=O)(=O)N2CCOCC2)C1. The third-order valence-electron chi connectivity index (χ3n) is 3.69. The van der Waals surface area contributed by atoms with Crippen molar-refractivity contribution >= 4 is 10.2 Å². The van der Waals surface area contributed by atoms with E-state index in [0.717, 1.165) is 25.7 Å². The number of nitrogens with zero attached hydrogens (tertiary/aromatic N) is 1. The van der Waals surface area contributed by atoms with Gasteiger partial charge >= 0.3 is 0 Å². The summed E-state index contributed by atoms with van der Waals surface area (Å²) < 4.78 is 33.4. The van der Waals surface area contributed by atoms with E-state index in [4.69, 9.17) is 10.5 Å². The first-order valence-electron chi connectivity index (χ1n) is 6.66. The Bertz CT molecular complexity index is 355. The molecule has 6 nitrogen and oxygen atoms in total. The van der Waals surface area contributed by atoms with Gasteiger partial charge in [0.05, 0.1) is 13.2 Å². The molecule has 3 N–H and O–H groups in total. The molecule has 18 heavy (non-hydrogen) atoms. The number of morpholine rings is 1. The standard InChI is InChI=1S/C11H23N3O3S/c12-11-3-1-2-10(8-11)9-13-18(15,16)14-4-6-17-7-5-14/h10-11,13H,1-9,12H2. The molecule has 0 bridgehead atoms. The van der Waals surface area contributed by atoms with Crippen LogP contribution in [0.3, 0.4) is 0 Å². The molecule has 7 heteroatoms. The molecule has 2 atom stereocenters. The number of hydrogen-bond acceptors (Lipinski definition) is 4. The second kappa shape index (κ2) is 6.29. The van der Waals surface area contributed by atoms with Crippen molar-refractivity contribution < 1.29 is 13.2 Å². The van der Waals surface area contributed by atoms with Crippen LogP contribution in [0.25, 0.3) is 0 Å². The minimum atomic E-state index is -3.34. The predicted molar refractivity (Wildman–Crippen MR) is 69.2 cm³/mol. The highest BCUT2D eigenvalue weighted by atomic mass is 32.2. The fraction of sp³-hybridized carbons (Fsp3) is 1.00. The summed E-state index contributed by atoms with van der Waals surface area (Å²) in [5.41, 5.74) is 5.90. The smallest absolute Gasteiger partial charge is 0.279 e. The third-order valence-corrected chi connectivity index (χ3v) is 5.26. The first-order valence-corrected chi connectivity index (χ1v) is 8.10. The van der Waals surface area contributed by atoms with Gasteiger partial charge in [0, 0.05) is 25.7 Å². The van der Waals surface area contributed by atoms with E-state index >= 15 is 0 Å². The van der Waals surface area contributed by atoms with Crippen molar-refractivity contribution in [3.63, 3.8) is 0 Å². The molecule has 1 saturated heterocycles. The van der Waals surface area contributed by atoms with E-state index in [-0.39, 0.29) is 6.04 Å². The van der Waals surface area contributed by atoms with E-state index in [1.807, 2.05) is 0 Å². The number of nitrogens with two attached hydrogens (primary N) is 1. The molecule has 0 amide bonds. The Labute approximate surface area is 109 Å². The van der Waals surface area contributed by atoms with Crippen molar-refractivity contribution in [1.82, 2.24) is 9.03 Å². The van der Waals surface area contributed by atoms with Gasteiger partial charge in [-0.1, -0.05) is 6.42 Å². The molecule has 2 aliphatic rings. The molecular formula is C11H23N3O3S. The summed E-state index contributed by atoms with van der Waals surface area (Å²) in [6.45, 7) is 2.36. The lowest BCUT2D eigenvalue weighted by atomic mass is 9.86. The van der Waals surface area contributed by atoms with Gasteiger partial charge in [-0.15, -0.1) is 0 Å². The van der Waals surface area contributed by atoms with Crippen LogP contribution in [0.15, 0.2) is 0 Å². The molecule has 1 heterocycles. The maximum atomic E-state index is 12.0. The highest BCUT2D eigenvalue weighted by Gasteiger charge is 2.26. The zero-order chi connectivity index (χ0) is 13.0. The summed E-state index contributed by atoms with van der Waals surface area (Å²) >= 11 is 0. The van der Waals surface area contributed by atoms with Gasteiger partial charge in [-0.25, -0.2) is 4.72 Å². The summed E-state index contributed by atoms with van der Waals surface area (Å²) in [6, 6.07) is 0.233. The van der Waals surface area contributed by atoms with Gasteiger partial charge in [0.1, 0.15) is 0 Å². The summed E-state index contributed by atoms with van der Waals surface area (Å²) in [7, 11) is -3.34. The van der Waals surface area contributed by atoms with Gasteiger partial charge in [0.25, 0.3) is 10.2 Å². The van der Waals surface area contributed by atoms with Crippen molar-refractivity contribution in [2.45, 2.75) is 31.7 Å². The minimum Gasteiger partial charge on any atom is -0.379 e. The van der Waals surface area contributed by atoms with Crippen molar-refractivity contribution in [2.75, 3.05) is 32.8 Å². The van der Waals surface area contributed by atoms with Gasteiger partial charge in [0.2, 0.25) is 0 Å². The van der Waals surface area contributed by atoms with Gasteiger partial charge in [-0.2, -0.15) is 12.7 Å². The van der Waals surface area contributed by atoms with E-state index in [1.165, 1.54) is 4.31 Å². The molecule has 2 fully saturated rings. The molecule has 1 saturated carbocycles. The third kappa shape index (κ3) is 3.89. The molecule has 2 unspecified atom stereocenters. The van der Waals surface area contributed by atoms with E-state index < -0.39 is 10.2 Å². The Balaban J connectivity index is 1.80. The molecule has 2 rings (SSSR count). The van der Waals surface area contributed by atoms with E-state index in [1.54, 1.807) is 0 Å². The van der Waals surface area contributed by atoms with Gasteiger partial charge in [-0.3, -0.25) is 0 Å². The van der Waals surface area contributed by atoms with Gasteiger partial charge < -0.3 is 10.5 Å². The summed E-state index contributed by atoms with van der Waals surface area (Å²) in [5.74, 6) is 0.379. The van der Waals surface area contributed by atoms with Crippen LogP contribution < -0.4 is 10.5 Å². The Morgan fingerprint density at radius 1 is 1.28 bits per heavy atom. The maximum Gasteiger partial charge on any atom is 0.279 e. The average molecular weight is 277 g/mol. The van der Waals surface area contributed by atoms with E-state index in [9.17, 15) is 8.42 Å². The summed E-state index contributed by atoms with van der Waals surface area (Å²) in [6.07, 6.45) is 4.16. The first kappa shape index (κ1) is 14.2. The van der Waals surface area contributed by atoms with Crippen LogP contribution >= 0.6 is 0 Å². The van der Waals surface area contributed by atoms with Gasteiger partial charge in [0.15, 0.2) is 0 Å². The van der Waals surface area contributed by atoms with Crippen LogP contribution in [0.5, 0.6) is 0 Å². The molecule has 1 aliphatic carbocycles. The van der Waals surface area contributed by atoms with Crippen molar-refractivity contribution in [1.29, 1.82) is 0 Å². The quantitative estimate of drug-likeness (QED) is 0.737. The molecule has 0 aromatic carbocycles. The number of nitrogens with one attached hydrogen (secondary N) is 1. The Kier molecular flexibility index (Phi) is 4.97. The van der Waals surface area contributed by atoms with E-state index in [2.05, 4.69) is 4.72 Å². The molecule has 1 aliphatic heterocycles. The number of hydrogen-bond donors (Lipinski definition) is 2. The van der Waals surface area contributed by atoms with Crippen molar-refractivity contribution in [3.05, 3.63) is 0 Å². The lowest BCUT2D eigenvalue weighted by Gasteiger charge is -2.29. The topological polar surface area (TPSA) is 84.7 Å². The highest BCUT2D eigenvalue weighted by molar-refractivity contribution is 7.87. The van der Waals surface area contributed by atoms with Crippen molar-refractivity contribution in [3.8, 4) is 0 Å². The lowest BCUT2D eigenvalue weighted by Crippen LogP contribution is -2.48. The largest absolute Gasteiger partial charge is 0.379 e. The Hall–Kier alpha value is -0.210. The average Bonchev–Trinajstić information content (AvgIpc) is 2.38. The maximum absolute atomic E-state index is 12.0. The Morgan fingerprint density at radius 2 is 2.00 bits per heavy atom. The highest BCUT2D eigenvalue weighted by Crippen LogP contribution is 2.22. The summed E-state index contributed by atoms with van der Waals surface area (Å²) in [5, 5.41) is 0. The van der Waals surface area contributed by atoms with E-state index in [0.29, 0.717) is 38.8 Å². The van der Waals surface area contributed by atoms with Crippen LogP contribution in [0.4, 0.5) is 0 Å². The lowest BCUT2D eigenvalue weighted by molar-refractivity contribution is 0.0724. The van der Waals surface area contributed by atoms with Gasteiger partial charge in [-0.05, 0) is 25.2 Å².